The fraction of sp³-hybridized carbons (Fsp3) is 0.880. The van der Waals surface area contributed by atoms with Crippen LogP contribution >= 0.6 is 0 Å². The van der Waals surface area contributed by atoms with E-state index in [0.717, 1.165) is 25.7 Å². The molecule has 0 aliphatic carbocycles. The van der Waals surface area contributed by atoms with E-state index in [0.29, 0.717) is 51.8 Å². The van der Waals surface area contributed by atoms with Crippen LogP contribution in [0.4, 0.5) is 0 Å². The van der Waals surface area contributed by atoms with Gasteiger partial charge in [0.05, 0.1) is 30.5 Å². The summed E-state index contributed by atoms with van der Waals surface area (Å²) in [5.74, 6) is -1.94. The minimum absolute atomic E-state index is 0.0212. The van der Waals surface area contributed by atoms with Gasteiger partial charge in [0.1, 0.15) is 6.04 Å². The number of nitrogens with one attached hydrogen (secondary N) is 5. The molecule has 0 saturated heterocycles. The Morgan fingerprint density at radius 1 is 0.562 bits per heavy atom. The Bertz CT molecular complexity index is 1520. The van der Waals surface area contributed by atoms with Crippen LogP contribution in [0.5, 0.6) is 0 Å². The number of ketones is 1. The van der Waals surface area contributed by atoms with Crippen LogP contribution in [-0.4, -0.2) is 101 Å². The summed E-state index contributed by atoms with van der Waals surface area (Å²) in [6.45, 7) is 38.6. The van der Waals surface area contributed by atoms with E-state index in [4.69, 9.17) is 9.47 Å². The predicted octanol–water partition coefficient (Wildman–Crippen LogP) is 8.03. The van der Waals surface area contributed by atoms with Crippen molar-refractivity contribution in [3.05, 3.63) is 0 Å². The first-order valence-electron chi connectivity index (χ1n) is 23.8. The van der Waals surface area contributed by atoms with Crippen LogP contribution in [0.15, 0.2) is 0 Å². The molecule has 14 heteroatoms. The van der Waals surface area contributed by atoms with E-state index in [1.165, 1.54) is 0 Å². The molecule has 2 atom stereocenters. The molecule has 0 fully saturated rings. The molecule has 0 unspecified atom stereocenters. The molecule has 374 valence electrons. The van der Waals surface area contributed by atoms with Gasteiger partial charge < -0.3 is 41.2 Å². The molecule has 0 aromatic heterocycles. The highest BCUT2D eigenvalue weighted by Gasteiger charge is 2.38. The van der Waals surface area contributed by atoms with Crippen molar-refractivity contribution >= 4 is 35.4 Å². The van der Waals surface area contributed by atoms with Gasteiger partial charge >= 0.3 is 5.97 Å². The van der Waals surface area contributed by atoms with Crippen LogP contribution in [0.25, 0.3) is 0 Å². The maximum absolute atomic E-state index is 13.3. The maximum atomic E-state index is 13.3. The van der Waals surface area contributed by atoms with Crippen molar-refractivity contribution in [3.8, 4) is 0 Å². The molecular weight excluding hydrogens is 815 g/mol. The molecule has 0 aliphatic heterocycles. The maximum Gasteiger partial charge on any atom is 0.326 e. The van der Waals surface area contributed by atoms with Gasteiger partial charge in [-0.3, -0.25) is 24.0 Å². The van der Waals surface area contributed by atoms with Crippen molar-refractivity contribution in [1.82, 2.24) is 26.6 Å². The zero-order valence-electron chi connectivity index (χ0n) is 44.0. The third-order valence-corrected chi connectivity index (χ3v) is 11.6. The number of Topliss-reactive ketones (excluding diaryl/α,β-unsaturated/α-hetero) is 1. The predicted molar refractivity (Wildman–Crippen MR) is 257 cm³/mol. The molecule has 0 aliphatic rings. The number of hydrogen-bond acceptors (Lipinski definition) is 9. The van der Waals surface area contributed by atoms with Crippen molar-refractivity contribution in [2.45, 2.75) is 237 Å². The second-order valence-electron chi connectivity index (χ2n) is 24.1. The quantitative estimate of drug-likeness (QED) is 0.0370. The lowest BCUT2D eigenvalue weighted by atomic mass is 9.75. The van der Waals surface area contributed by atoms with E-state index >= 15 is 0 Å². The van der Waals surface area contributed by atoms with Crippen molar-refractivity contribution < 1.29 is 43.3 Å². The Hall–Kier alpha value is -3.10. The molecule has 0 heterocycles. The largest absolute Gasteiger partial charge is 0.480 e. The van der Waals surface area contributed by atoms with E-state index < -0.39 is 45.0 Å². The summed E-state index contributed by atoms with van der Waals surface area (Å²) >= 11 is 0. The normalized spacial score (nSPS) is 14.4. The molecule has 0 aromatic carbocycles. The summed E-state index contributed by atoms with van der Waals surface area (Å²) in [5.41, 5.74) is -4.14. The third-order valence-electron chi connectivity index (χ3n) is 11.6. The lowest BCUT2D eigenvalue weighted by Gasteiger charge is -2.35. The van der Waals surface area contributed by atoms with E-state index in [-0.39, 0.29) is 65.9 Å². The second-order valence-corrected chi connectivity index (χ2v) is 24.1. The van der Waals surface area contributed by atoms with Crippen LogP contribution in [0.1, 0.15) is 202 Å². The molecular formula is C50H95N5O9. The summed E-state index contributed by atoms with van der Waals surface area (Å²) in [5, 5.41) is 24.9. The molecule has 0 saturated carbocycles. The molecule has 4 amide bonds. The summed E-state index contributed by atoms with van der Waals surface area (Å²) in [7, 11) is 0. The van der Waals surface area contributed by atoms with Crippen molar-refractivity contribution in [3.63, 3.8) is 0 Å². The van der Waals surface area contributed by atoms with Gasteiger partial charge in [-0.15, -0.1) is 0 Å². The number of carboxylic acids is 1. The summed E-state index contributed by atoms with van der Waals surface area (Å²) in [4.78, 5) is 77.0. The van der Waals surface area contributed by atoms with E-state index in [1.807, 2.05) is 83.1 Å². The smallest absolute Gasteiger partial charge is 0.326 e. The lowest BCUT2D eigenvalue weighted by Crippen LogP contribution is -2.52. The number of carbonyl (C=O) groups is 6. The van der Waals surface area contributed by atoms with Crippen LogP contribution in [0.2, 0.25) is 0 Å². The van der Waals surface area contributed by atoms with Gasteiger partial charge in [0.25, 0.3) is 0 Å². The van der Waals surface area contributed by atoms with Crippen molar-refractivity contribution in [2.24, 2.45) is 21.7 Å². The topological polar surface area (TPSA) is 201 Å². The lowest BCUT2D eigenvalue weighted by molar-refractivity contribution is -0.144. The number of amides is 4. The van der Waals surface area contributed by atoms with Gasteiger partial charge in [-0.1, -0.05) is 76.2 Å². The average Bonchev–Trinajstić information content (AvgIpc) is 3.10. The molecule has 0 rings (SSSR count). The Morgan fingerprint density at radius 2 is 1.11 bits per heavy atom. The van der Waals surface area contributed by atoms with Crippen molar-refractivity contribution in [1.29, 1.82) is 0 Å². The van der Waals surface area contributed by atoms with Crippen LogP contribution in [0.3, 0.4) is 0 Å². The zero-order chi connectivity index (χ0) is 50.2. The first-order chi connectivity index (χ1) is 28.8. The van der Waals surface area contributed by atoms with Crippen LogP contribution in [-0.2, 0) is 38.2 Å². The average molecular weight is 910 g/mol. The summed E-state index contributed by atoms with van der Waals surface area (Å²) in [6, 6.07) is -1.42. The summed E-state index contributed by atoms with van der Waals surface area (Å²) < 4.78 is 12.3. The minimum atomic E-state index is -1.21. The highest BCUT2D eigenvalue weighted by Crippen LogP contribution is 2.34. The van der Waals surface area contributed by atoms with Gasteiger partial charge in [0, 0.05) is 53.3 Å². The number of unbranched alkanes of at least 4 members (excludes halogenated alkanes) is 1. The molecule has 0 aromatic rings. The van der Waals surface area contributed by atoms with Gasteiger partial charge in [-0.25, -0.2) is 4.79 Å². The Morgan fingerprint density at radius 3 is 1.64 bits per heavy atom. The van der Waals surface area contributed by atoms with Crippen LogP contribution < -0.4 is 26.6 Å². The molecule has 0 radical (unpaired) electrons. The SMILES string of the molecule is CCC(C)(C)N[C@@H](CCCCNC(=O)CCC(C)(C)OCCC(C)(C)OCCNC(=O)C(C)(C)CC(C)(C)NC(=O)CC[C@H](NC(=O)C(C)(C)CC(C)(C)C)C(=O)O)C(=O)C(C)(C)C. The number of carboxylic acid groups (broad SMARTS) is 1. The number of ether oxygens (including phenoxy) is 2. The molecule has 14 nitrogen and oxygen atoms in total. The zero-order valence-corrected chi connectivity index (χ0v) is 44.0. The Kier molecular flexibility index (Phi) is 23.9. The standard InChI is InChI=1S/C50H95N5O9/c1-20-47(12,13)54-35(39(58)44(5,6)7)23-21-22-29-51-37(56)26-27-49(16,17)63-31-28-50(18,19)64-32-30-52-41(61)46(10,11)34-48(14,15)55-38(57)25-24-36(40(59)60)53-42(62)45(8,9)33-43(2,3)4/h35-36,54H,20-34H2,1-19H3,(H,51,56)(H,52,61)(H,53,62)(H,55,57)(H,59,60)/t35-,36-/m0/s1. The molecule has 64 heavy (non-hydrogen) atoms. The van der Waals surface area contributed by atoms with E-state index in [1.54, 1.807) is 27.7 Å². The first kappa shape index (κ1) is 60.9. The highest BCUT2D eigenvalue weighted by molar-refractivity contribution is 5.89. The van der Waals surface area contributed by atoms with Gasteiger partial charge in [0.15, 0.2) is 5.78 Å². The minimum Gasteiger partial charge on any atom is -0.480 e. The highest BCUT2D eigenvalue weighted by atomic mass is 16.5. The molecule has 0 bridgehead atoms. The second kappa shape index (κ2) is 25.1. The monoisotopic (exact) mass is 910 g/mol. The molecule has 6 N–H and O–H groups in total. The first-order valence-corrected chi connectivity index (χ1v) is 23.8. The number of hydrogen-bond donors (Lipinski definition) is 6. The van der Waals surface area contributed by atoms with Crippen LogP contribution in [0, 0.1) is 21.7 Å². The van der Waals surface area contributed by atoms with Gasteiger partial charge in [0.2, 0.25) is 23.6 Å². The third kappa shape index (κ3) is 26.1. The molecule has 0 spiro atoms. The van der Waals surface area contributed by atoms with Gasteiger partial charge in [-0.05, 0) is 119 Å². The van der Waals surface area contributed by atoms with E-state index in [2.05, 4.69) is 47.4 Å². The Labute approximate surface area is 388 Å². The van der Waals surface area contributed by atoms with Gasteiger partial charge in [-0.2, -0.15) is 0 Å². The fourth-order valence-corrected chi connectivity index (χ4v) is 7.98. The summed E-state index contributed by atoms with van der Waals surface area (Å²) in [6.07, 6.45) is 5.48. The van der Waals surface area contributed by atoms with Crippen molar-refractivity contribution in [2.75, 3.05) is 26.3 Å². The Balaban J connectivity index is 4.74. The number of carbonyl (C=O) groups excluding carboxylic acids is 5. The number of rotatable bonds is 31. The number of aliphatic carboxylic acids is 1. The van der Waals surface area contributed by atoms with E-state index in [9.17, 15) is 33.9 Å². The fourth-order valence-electron chi connectivity index (χ4n) is 7.98.